The van der Waals surface area contributed by atoms with Gasteiger partial charge in [0, 0.05) is 5.39 Å². The summed E-state index contributed by atoms with van der Waals surface area (Å²) in [5.41, 5.74) is 0. The molecule has 16 heavy (non-hydrogen) atoms. The molecule has 0 atom stereocenters. The Morgan fingerprint density at radius 2 is 2.06 bits per heavy atom. The van der Waals surface area contributed by atoms with Crippen molar-refractivity contribution in [3.63, 3.8) is 0 Å². The van der Waals surface area contributed by atoms with Crippen LogP contribution in [0.15, 0.2) is 29.6 Å². The van der Waals surface area contributed by atoms with Crippen LogP contribution in [0.2, 0.25) is 0 Å². The number of benzene rings is 1. The number of hydrogen-bond acceptors (Lipinski definition) is 4. The van der Waals surface area contributed by atoms with Gasteiger partial charge >= 0.3 is 5.97 Å². The van der Waals surface area contributed by atoms with E-state index in [9.17, 15) is 9.59 Å². The van der Waals surface area contributed by atoms with Crippen molar-refractivity contribution in [1.82, 2.24) is 0 Å². The Kier molecular flexibility index (Phi) is 3.01. The first kappa shape index (κ1) is 10.8. The van der Waals surface area contributed by atoms with Gasteiger partial charge in [-0.1, -0.05) is 24.3 Å². The van der Waals surface area contributed by atoms with E-state index in [1.807, 2.05) is 29.6 Å². The molecule has 0 spiro atoms. The second-order valence-corrected chi connectivity index (χ2v) is 4.21. The molecule has 0 aliphatic rings. The first-order chi connectivity index (χ1) is 7.72. The second-order valence-electron chi connectivity index (χ2n) is 3.33. The topological polar surface area (TPSA) is 43.4 Å². The highest BCUT2D eigenvalue weighted by Crippen LogP contribution is 2.26. The van der Waals surface area contributed by atoms with Gasteiger partial charge in [0.1, 0.15) is 6.42 Å². The summed E-state index contributed by atoms with van der Waals surface area (Å²) < 4.78 is 4.48. The van der Waals surface area contributed by atoms with Crippen LogP contribution in [0.3, 0.4) is 0 Å². The number of methoxy groups -OCH3 is 1. The summed E-state index contributed by atoms with van der Waals surface area (Å²) in [6.07, 6.45) is -0.193. The molecule has 0 bridgehead atoms. The van der Waals surface area contributed by atoms with E-state index in [1.54, 1.807) is 0 Å². The lowest BCUT2D eigenvalue weighted by molar-refractivity contribution is -0.139. The van der Waals surface area contributed by atoms with Crippen LogP contribution < -0.4 is 0 Å². The summed E-state index contributed by atoms with van der Waals surface area (Å²) in [6.45, 7) is 0. The Morgan fingerprint density at radius 1 is 1.31 bits per heavy atom. The molecule has 0 saturated carbocycles. The van der Waals surface area contributed by atoms with Crippen molar-refractivity contribution >= 4 is 33.9 Å². The quantitative estimate of drug-likeness (QED) is 0.466. The van der Waals surface area contributed by atoms with Gasteiger partial charge in [0.05, 0.1) is 12.0 Å². The number of Topliss-reactive ketones (excluding diaryl/α,β-unsaturated/α-hetero) is 1. The molecular weight excluding hydrogens is 224 g/mol. The maximum absolute atomic E-state index is 11.8. The summed E-state index contributed by atoms with van der Waals surface area (Å²) in [7, 11) is 1.28. The number of rotatable bonds is 3. The zero-order valence-electron chi connectivity index (χ0n) is 8.73. The Labute approximate surface area is 96.6 Å². The molecule has 1 heterocycles. The van der Waals surface area contributed by atoms with Crippen LogP contribution in [0.4, 0.5) is 0 Å². The maximum atomic E-state index is 11.8. The molecule has 0 aliphatic heterocycles. The predicted octanol–water partition coefficient (Wildman–Crippen LogP) is 2.65. The van der Waals surface area contributed by atoms with Gasteiger partial charge in [0.25, 0.3) is 0 Å². The van der Waals surface area contributed by atoms with Crippen molar-refractivity contribution < 1.29 is 14.3 Å². The highest BCUT2D eigenvalue weighted by Gasteiger charge is 2.16. The normalized spacial score (nSPS) is 10.3. The Bertz CT molecular complexity index is 542. The molecule has 0 aliphatic carbocycles. The summed E-state index contributed by atoms with van der Waals surface area (Å²) >= 11 is 1.37. The number of esters is 1. The monoisotopic (exact) mass is 234 g/mol. The van der Waals surface area contributed by atoms with Crippen LogP contribution in [0.25, 0.3) is 10.8 Å². The smallest absolute Gasteiger partial charge is 0.313 e. The Hall–Kier alpha value is -1.68. The SMILES string of the molecule is COC(=O)CC(=O)c1scc2ccccc12. The van der Waals surface area contributed by atoms with Gasteiger partial charge in [-0.05, 0) is 10.8 Å². The summed E-state index contributed by atoms with van der Waals surface area (Å²) in [6, 6.07) is 7.63. The summed E-state index contributed by atoms with van der Waals surface area (Å²) in [5, 5.41) is 3.85. The fourth-order valence-corrected chi connectivity index (χ4v) is 2.46. The zero-order chi connectivity index (χ0) is 11.5. The molecular formula is C12H10O3S. The lowest BCUT2D eigenvalue weighted by Crippen LogP contribution is -2.08. The van der Waals surface area contributed by atoms with Crippen molar-refractivity contribution in [2.24, 2.45) is 0 Å². The molecule has 0 unspecified atom stereocenters. The number of carbonyl (C=O) groups is 2. The largest absolute Gasteiger partial charge is 0.469 e. The van der Waals surface area contributed by atoms with Gasteiger partial charge in [-0.15, -0.1) is 11.3 Å². The minimum Gasteiger partial charge on any atom is -0.469 e. The van der Waals surface area contributed by atoms with Crippen molar-refractivity contribution in [3.05, 3.63) is 34.5 Å². The van der Waals surface area contributed by atoms with Crippen molar-refractivity contribution in [1.29, 1.82) is 0 Å². The van der Waals surface area contributed by atoms with E-state index >= 15 is 0 Å². The molecule has 0 radical (unpaired) electrons. The number of ether oxygens (including phenoxy) is 1. The van der Waals surface area contributed by atoms with Crippen LogP contribution in [0, 0.1) is 0 Å². The summed E-state index contributed by atoms with van der Waals surface area (Å²) in [4.78, 5) is 23.4. The maximum Gasteiger partial charge on any atom is 0.313 e. The van der Waals surface area contributed by atoms with E-state index in [0.717, 1.165) is 10.8 Å². The van der Waals surface area contributed by atoms with Crippen LogP contribution in [-0.2, 0) is 9.53 Å². The van der Waals surface area contributed by atoms with Gasteiger partial charge in [-0.3, -0.25) is 9.59 Å². The van der Waals surface area contributed by atoms with Crippen LogP contribution in [0.5, 0.6) is 0 Å². The average Bonchev–Trinajstić information content (AvgIpc) is 2.72. The van der Waals surface area contributed by atoms with Crippen LogP contribution in [0.1, 0.15) is 16.1 Å². The third-order valence-electron chi connectivity index (χ3n) is 2.29. The number of fused-ring (bicyclic) bond motifs is 1. The highest BCUT2D eigenvalue weighted by atomic mass is 32.1. The van der Waals surface area contributed by atoms with Gasteiger partial charge in [-0.2, -0.15) is 0 Å². The minimum atomic E-state index is -0.498. The Balaban J connectivity index is 2.33. The highest BCUT2D eigenvalue weighted by molar-refractivity contribution is 7.13. The first-order valence-electron chi connectivity index (χ1n) is 4.78. The van der Waals surface area contributed by atoms with Crippen molar-refractivity contribution in [3.8, 4) is 0 Å². The van der Waals surface area contributed by atoms with Gasteiger partial charge in [0.2, 0.25) is 0 Å². The van der Waals surface area contributed by atoms with E-state index in [4.69, 9.17) is 0 Å². The summed E-state index contributed by atoms with van der Waals surface area (Å²) in [5.74, 6) is -0.680. The fourth-order valence-electron chi connectivity index (χ4n) is 1.49. The number of carbonyl (C=O) groups excluding carboxylic acids is 2. The molecule has 2 aromatic rings. The van der Waals surface area contributed by atoms with Crippen LogP contribution in [-0.4, -0.2) is 18.9 Å². The predicted molar refractivity (Wildman–Crippen MR) is 62.8 cm³/mol. The standard InChI is InChI=1S/C12H10O3S/c1-15-11(14)6-10(13)12-9-5-3-2-4-8(9)7-16-12/h2-5,7H,6H2,1H3. The van der Waals surface area contributed by atoms with Crippen LogP contribution >= 0.6 is 11.3 Å². The molecule has 2 rings (SSSR count). The van der Waals surface area contributed by atoms with Crippen molar-refractivity contribution in [2.75, 3.05) is 7.11 Å². The Morgan fingerprint density at radius 3 is 2.81 bits per heavy atom. The lowest BCUT2D eigenvalue weighted by Gasteiger charge is -1.97. The lowest BCUT2D eigenvalue weighted by atomic mass is 10.1. The molecule has 1 aromatic carbocycles. The molecule has 0 fully saturated rings. The molecule has 3 nitrogen and oxygen atoms in total. The number of hydrogen-bond donors (Lipinski definition) is 0. The average molecular weight is 234 g/mol. The third-order valence-corrected chi connectivity index (χ3v) is 3.35. The molecule has 1 aromatic heterocycles. The molecule has 0 amide bonds. The molecule has 0 saturated heterocycles. The third kappa shape index (κ3) is 1.97. The molecule has 0 N–H and O–H groups in total. The fraction of sp³-hybridized carbons (Fsp3) is 0.167. The van der Waals surface area contributed by atoms with E-state index in [0.29, 0.717) is 4.88 Å². The zero-order valence-corrected chi connectivity index (χ0v) is 9.54. The van der Waals surface area contributed by atoms with E-state index in [-0.39, 0.29) is 12.2 Å². The van der Waals surface area contributed by atoms with E-state index in [2.05, 4.69) is 4.74 Å². The van der Waals surface area contributed by atoms with E-state index in [1.165, 1.54) is 18.4 Å². The van der Waals surface area contributed by atoms with Gasteiger partial charge in [0.15, 0.2) is 5.78 Å². The van der Waals surface area contributed by atoms with Gasteiger partial charge < -0.3 is 4.74 Å². The first-order valence-corrected chi connectivity index (χ1v) is 5.66. The van der Waals surface area contributed by atoms with E-state index < -0.39 is 5.97 Å². The number of thiophene rings is 1. The second kappa shape index (κ2) is 4.45. The van der Waals surface area contributed by atoms with Crippen molar-refractivity contribution in [2.45, 2.75) is 6.42 Å². The minimum absolute atomic E-state index is 0.182. The molecule has 4 heteroatoms. The molecule has 82 valence electrons. The van der Waals surface area contributed by atoms with Gasteiger partial charge in [-0.25, -0.2) is 0 Å². The number of ketones is 1.